The van der Waals surface area contributed by atoms with E-state index in [9.17, 15) is 9.18 Å². The van der Waals surface area contributed by atoms with Crippen molar-refractivity contribution in [1.29, 1.82) is 0 Å². The fourth-order valence-corrected chi connectivity index (χ4v) is 2.45. The van der Waals surface area contributed by atoms with Crippen LogP contribution in [0.2, 0.25) is 10.0 Å². The Labute approximate surface area is 157 Å². The van der Waals surface area contributed by atoms with E-state index in [1.807, 2.05) is 0 Å². The van der Waals surface area contributed by atoms with Crippen molar-refractivity contribution in [3.63, 3.8) is 0 Å². The van der Waals surface area contributed by atoms with Crippen LogP contribution in [0.25, 0.3) is 5.95 Å². The molecule has 134 valence electrons. The van der Waals surface area contributed by atoms with Gasteiger partial charge in [0.1, 0.15) is 12.1 Å². The zero-order valence-corrected chi connectivity index (χ0v) is 14.8. The fourth-order valence-electron chi connectivity index (χ4n) is 2.14. The van der Waals surface area contributed by atoms with E-state index >= 15 is 0 Å². The van der Waals surface area contributed by atoms with Crippen LogP contribution < -0.4 is 10.6 Å². The number of hydrogen-bond donors (Lipinski definition) is 2. The van der Waals surface area contributed by atoms with E-state index in [1.54, 1.807) is 25.4 Å². The number of urea groups is 1. The van der Waals surface area contributed by atoms with Gasteiger partial charge in [0.2, 0.25) is 0 Å². The molecule has 0 fully saturated rings. The molecular formula is C15H12Cl2FN7O. The number of benzene rings is 1. The van der Waals surface area contributed by atoms with Gasteiger partial charge in [-0.25, -0.2) is 24.1 Å². The molecule has 1 aromatic carbocycles. The predicted molar refractivity (Wildman–Crippen MR) is 93.9 cm³/mol. The molecule has 0 aliphatic heterocycles. The summed E-state index contributed by atoms with van der Waals surface area (Å²) in [4.78, 5) is 24.4. The van der Waals surface area contributed by atoms with Gasteiger partial charge in [0.25, 0.3) is 5.95 Å². The molecule has 0 saturated carbocycles. The molecule has 0 saturated heterocycles. The molecule has 1 atom stereocenters. The maximum atomic E-state index is 13.9. The van der Waals surface area contributed by atoms with Crippen LogP contribution >= 0.6 is 23.2 Å². The summed E-state index contributed by atoms with van der Waals surface area (Å²) in [5, 5.41) is 9.23. The second kappa shape index (κ2) is 7.63. The molecule has 0 radical (unpaired) electrons. The second-order valence-corrected chi connectivity index (χ2v) is 5.96. The maximum Gasteiger partial charge on any atom is 0.319 e. The number of nitrogens with one attached hydrogen (secondary N) is 2. The van der Waals surface area contributed by atoms with E-state index in [2.05, 4.69) is 30.7 Å². The minimum Gasteiger partial charge on any atom is -0.328 e. The van der Waals surface area contributed by atoms with Crippen molar-refractivity contribution in [2.75, 3.05) is 5.32 Å². The average Bonchev–Trinajstić information content (AvgIpc) is 3.10. The van der Waals surface area contributed by atoms with Gasteiger partial charge < -0.3 is 10.6 Å². The quantitative estimate of drug-likeness (QED) is 0.659. The number of carbonyl (C=O) groups is 1. The van der Waals surface area contributed by atoms with Crippen LogP contribution in [0.5, 0.6) is 0 Å². The van der Waals surface area contributed by atoms with Crippen molar-refractivity contribution < 1.29 is 9.18 Å². The lowest BCUT2D eigenvalue weighted by molar-refractivity contribution is 0.248. The molecule has 8 nitrogen and oxygen atoms in total. The largest absolute Gasteiger partial charge is 0.328 e. The third-order valence-corrected chi connectivity index (χ3v) is 4.03. The van der Waals surface area contributed by atoms with Crippen LogP contribution in [0, 0.1) is 5.82 Å². The Balaban J connectivity index is 1.73. The van der Waals surface area contributed by atoms with Gasteiger partial charge in [-0.3, -0.25) is 0 Å². The van der Waals surface area contributed by atoms with E-state index < -0.39 is 17.9 Å². The smallest absolute Gasteiger partial charge is 0.319 e. The van der Waals surface area contributed by atoms with Gasteiger partial charge in [-0.05, 0) is 25.1 Å². The summed E-state index contributed by atoms with van der Waals surface area (Å²) in [6, 6.07) is 2.70. The summed E-state index contributed by atoms with van der Waals surface area (Å²) in [5.74, 6) is 0.00796. The van der Waals surface area contributed by atoms with E-state index in [0.29, 0.717) is 11.8 Å². The first kappa shape index (κ1) is 18.0. The van der Waals surface area contributed by atoms with Gasteiger partial charge in [0.05, 0.1) is 21.8 Å². The molecular weight excluding hydrogens is 384 g/mol. The molecule has 2 aromatic heterocycles. The summed E-state index contributed by atoms with van der Waals surface area (Å²) in [6.45, 7) is 1.69. The highest BCUT2D eigenvalue weighted by Crippen LogP contribution is 2.28. The van der Waals surface area contributed by atoms with E-state index in [-0.39, 0.29) is 15.7 Å². The summed E-state index contributed by atoms with van der Waals surface area (Å²) in [7, 11) is 0. The molecule has 0 aliphatic rings. The number of aromatic nitrogens is 5. The van der Waals surface area contributed by atoms with E-state index in [1.165, 1.54) is 17.1 Å². The summed E-state index contributed by atoms with van der Waals surface area (Å²) in [6.07, 6.45) is 4.44. The Hall–Kier alpha value is -2.78. The number of amides is 2. The third kappa shape index (κ3) is 3.89. The van der Waals surface area contributed by atoms with Gasteiger partial charge in [0, 0.05) is 12.4 Å². The van der Waals surface area contributed by atoms with Gasteiger partial charge >= 0.3 is 6.03 Å². The topological polar surface area (TPSA) is 97.6 Å². The Kier molecular flexibility index (Phi) is 5.29. The average molecular weight is 396 g/mol. The van der Waals surface area contributed by atoms with Crippen LogP contribution in [0.3, 0.4) is 0 Å². The van der Waals surface area contributed by atoms with E-state index in [0.717, 1.165) is 6.07 Å². The fraction of sp³-hybridized carbons (Fsp3) is 0.133. The molecule has 11 heteroatoms. The van der Waals surface area contributed by atoms with Crippen molar-refractivity contribution in [2.24, 2.45) is 0 Å². The molecule has 0 spiro atoms. The highest BCUT2D eigenvalue weighted by Gasteiger charge is 2.19. The maximum absolute atomic E-state index is 13.9. The number of hydrogen-bond acceptors (Lipinski definition) is 5. The Morgan fingerprint density at radius 3 is 2.62 bits per heavy atom. The molecule has 26 heavy (non-hydrogen) atoms. The Morgan fingerprint density at radius 1 is 1.19 bits per heavy atom. The zero-order chi connectivity index (χ0) is 18.7. The monoisotopic (exact) mass is 395 g/mol. The Morgan fingerprint density at radius 2 is 1.88 bits per heavy atom. The van der Waals surface area contributed by atoms with Gasteiger partial charge in [-0.1, -0.05) is 23.2 Å². The first-order valence-electron chi connectivity index (χ1n) is 7.35. The predicted octanol–water partition coefficient (Wildman–Crippen LogP) is 3.39. The highest BCUT2D eigenvalue weighted by molar-refractivity contribution is 6.42. The van der Waals surface area contributed by atoms with Crippen LogP contribution in [-0.2, 0) is 0 Å². The molecule has 3 aromatic rings. The van der Waals surface area contributed by atoms with Crippen molar-refractivity contribution >= 4 is 34.9 Å². The molecule has 0 aliphatic carbocycles. The van der Waals surface area contributed by atoms with Crippen LogP contribution in [0.15, 0.2) is 36.9 Å². The van der Waals surface area contributed by atoms with Crippen molar-refractivity contribution in [3.8, 4) is 5.95 Å². The molecule has 3 rings (SSSR count). The van der Waals surface area contributed by atoms with Crippen molar-refractivity contribution in [3.05, 3.63) is 58.6 Å². The van der Waals surface area contributed by atoms with Crippen molar-refractivity contribution in [2.45, 2.75) is 13.0 Å². The number of nitrogens with zero attached hydrogens (tertiary/aromatic N) is 5. The number of rotatable bonds is 4. The van der Waals surface area contributed by atoms with Gasteiger partial charge in [0.15, 0.2) is 5.82 Å². The lowest BCUT2D eigenvalue weighted by Gasteiger charge is -2.15. The molecule has 2 N–H and O–H groups in total. The summed E-state index contributed by atoms with van der Waals surface area (Å²) >= 11 is 11.6. The first-order valence-corrected chi connectivity index (χ1v) is 8.10. The SMILES string of the molecule is CC(NC(=O)Nc1cc(Cl)c(Cl)cc1F)c1ncnn1-c1ncccn1. The van der Waals surface area contributed by atoms with Gasteiger partial charge in [-0.15, -0.1) is 0 Å². The first-order chi connectivity index (χ1) is 12.5. The number of anilines is 1. The lowest BCUT2D eigenvalue weighted by atomic mass is 10.3. The third-order valence-electron chi connectivity index (χ3n) is 3.31. The minimum atomic E-state index is -0.706. The van der Waals surface area contributed by atoms with E-state index in [4.69, 9.17) is 23.2 Å². The zero-order valence-electron chi connectivity index (χ0n) is 13.3. The molecule has 2 amide bonds. The van der Waals surface area contributed by atoms with Crippen LogP contribution in [-0.4, -0.2) is 30.8 Å². The standard InChI is InChI=1S/C15H12Cl2FN7O/c1-8(13-21-7-22-25(13)14-19-3-2-4-20-14)23-15(26)24-12-6-10(17)9(16)5-11(12)18/h2-8H,1H3,(H2,23,24,26). The summed E-state index contributed by atoms with van der Waals surface area (Å²) in [5.41, 5.74) is -0.100. The Bertz CT molecular complexity index is 935. The van der Waals surface area contributed by atoms with Gasteiger partial charge in [-0.2, -0.15) is 9.78 Å². The lowest BCUT2D eigenvalue weighted by Crippen LogP contribution is -2.33. The minimum absolute atomic E-state index is 0.0551. The normalized spacial score (nSPS) is 11.8. The van der Waals surface area contributed by atoms with Crippen LogP contribution in [0.1, 0.15) is 18.8 Å². The molecule has 1 unspecified atom stereocenters. The summed E-state index contributed by atoms with van der Waals surface area (Å²) < 4.78 is 15.3. The second-order valence-electron chi connectivity index (χ2n) is 5.15. The van der Waals surface area contributed by atoms with Crippen LogP contribution in [0.4, 0.5) is 14.9 Å². The van der Waals surface area contributed by atoms with Crippen molar-refractivity contribution in [1.82, 2.24) is 30.0 Å². The molecule has 2 heterocycles. The number of halogens is 3. The highest BCUT2D eigenvalue weighted by atomic mass is 35.5. The number of carbonyl (C=O) groups excluding carboxylic acids is 1. The molecule has 0 bridgehead atoms.